The van der Waals surface area contributed by atoms with E-state index in [-0.39, 0.29) is 12.2 Å². The number of hydrogen-bond donors (Lipinski definition) is 2. The molecule has 0 aliphatic carbocycles. The summed E-state index contributed by atoms with van der Waals surface area (Å²) >= 11 is 0. The molecule has 2 aromatic rings. The van der Waals surface area contributed by atoms with Crippen LogP contribution in [0.15, 0.2) is 48.5 Å². The molecule has 0 bridgehead atoms. The van der Waals surface area contributed by atoms with E-state index in [9.17, 15) is 9.59 Å². The van der Waals surface area contributed by atoms with E-state index in [0.29, 0.717) is 16.9 Å². The number of carbonyl (C=O) groups is 2. The van der Waals surface area contributed by atoms with Crippen LogP contribution in [0.3, 0.4) is 0 Å². The maximum absolute atomic E-state index is 11.1. The molecule has 20 heavy (non-hydrogen) atoms. The summed E-state index contributed by atoms with van der Waals surface area (Å²) in [6, 6.07) is 13.0. The molecular weight excluding hydrogens is 258 g/mol. The molecule has 0 aliphatic rings. The topological polar surface area (TPSA) is 89.6 Å². The van der Waals surface area contributed by atoms with E-state index in [1.54, 1.807) is 36.4 Å². The molecule has 0 aliphatic heterocycles. The van der Waals surface area contributed by atoms with Crippen LogP contribution in [0.25, 0.3) is 0 Å². The average Bonchev–Trinajstić information content (AvgIpc) is 2.45. The molecule has 0 saturated carbocycles. The van der Waals surface area contributed by atoms with Crippen LogP contribution in [0, 0.1) is 0 Å². The first-order valence-electron chi connectivity index (χ1n) is 5.92. The lowest BCUT2D eigenvalue weighted by Gasteiger charge is -2.09. The highest BCUT2D eigenvalue weighted by atomic mass is 16.5. The highest BCUT2D eigenvalue weighted by Gasteiger charge is 2.09. The number of ether oxygens (including phenoxy) is 1. The van der Waals surface area contributed by atoms with Gasteiger partial charge in [0.1, 0.15) is 12.4 Å². The molecule has 0 aromatic heterocycles. The molecule has 102 valence electrons. The second-order valence-corrected chi connectivity index (χ2v) is 4.14. The van der Waals surface area contributed by atoms with Crippen molar-refractivity contribution in [1.82, 2.24) is 0 Å². The molecular formula is C15H13NO4. The number of carboxylic acids is 1. The molecule has 0 fully saturated rings. The Bertz CT molecular complexity index is 652. The van der Waals surface area contributed by atoms with E-state index in [0.717, 1.165) is 0 Å². The van der Waals surface area contributed by atoms with E-state index < -0.39 is 11.9 Å². The zero-order valence-electron chi connectivity index (χ0n) is 10.6. The Morgan fingerprint density at radius 1 is 1.10 bits per heavy atom. The lowest BCUT2D eigenvalue weighted by atomic mass is 10.1. The summed E-state index contributed by atoms with van der Waals surface area (Å²) in [7, 11) is 0. The summed E-state index contributed by atoms with van der Waals surface area (Å²) < 4.78 is 5.50. The second kappa shape index (κ2) is 5.88. The fourth-order valence-electron chi connectivity index (χ4n) is 1.76. The molecule has 0 atom stereocenters. The third kappa shape index (κ3) is 3.14. The third-order valence-electron chi connectivity index (χ3n) is 2.76. The third-order valence-corrected chi connectivity index (χ3v) is 2.76. The van der Waals surface area contributed by atoms with Crippen molar-refractivity contribution in [2.24, 2.45) is 5.73 Å². The van der Waals surface area contributed by atoms with Gasteiger partial charge in [-0.05, 0) is 24.3 Å². The van der Waals surface area contributed by atoms with Crippen molar-refractivity contribution < 1.29 is 19.4 Å². The van der Waals surface area contributed by atoms with Crippen LogP contribution in [0.2, 0.25) is 0 Å². The summed E-state index contributed by atoms with van der Waals surface area (Å²) in [6.07, 6.45) is 0. The molecule has 5 heteroatoms. The van der Waals surface area contributed by atoms with E-state index in [1.165, 1.54) is 12.1 Å². The van der Waals surface area contributed by atoms with Crippen molar-refractivity contribution in [3.63, 3.8) is 0 Å². The number of rotatable bonds is 5. The minimum absolute atomic E-state index is 0.102. The van der Waals surface area contributed by atoms with Crippen molar-refractivity contribution in [1.29, 1.82) is 0 Å². The monoisotopic (exact) mass is 271 g/mol. The number of benzene rings is 2. The molecule has 0 unspecified atom stereocenters. The molecule has 3 N–H and O–H groups in total. The number of hydrogen-bond acceptors (Lipinski definition) is 3. The normalized spacial score (nSPS) is 10.0. The van der Waals surface area contributed by atoms with Gasteiger partial charge in [-0.1, -0.05) is 24.3 Å². The van der Waals surface area contributed by atoms with Crippen LogP contribution >= 0.6 is 0 Å². The highest BCUT2D eigenvalue weighted by molar-refractivity contribution is 5.93. The van der Waals surface area contributed by atoms with Gasteiger partial charge in [0.2, 0.25) is 5.91 Å². The van der Waals surface area contributed by atoms with Gasteiger partial charge in [0.05, 0.1) is 5.56 Å². The number of carbonyl (C=O) groups excluding carboxylic acids is 1. The van der Waals surface area contributed by atoms with Crippen molar-refractivity contribution in [2.45, 2.75) is 6.61 Å². The van der Waals surface area contributed by atoms with Gasteiger partial charge in [-0.3, -0.25) is 4.79 Å². The quantitative estimate of drug-likeness (QED) is 0.871. The molecule has 0 saturated heterocycles. The Hall–Kier alpha value is -2.82. The van der Waals surface area contributed by atoms with Gasteiger partial charge in [0.25, 0.3) is 0 Å². The van der Waals surface area contributed by atoms with Crippen LogP contribution in [0.1, 0.15) is 26.3 Å². The van der Waals surface area contributed by atoms with E-state index in [1.807, 2.05) is 0 Å². The number of amides is 1. The van der Waals surface area contributed by atoms with Crippen LogP contribution in [0.4, 0.5) is 0 Å². The zero-order valence-corrected chi connectivity index (χ0v) is 10.6. The summed E-state index contributed by atoms with van der Waals surface area (Å²) in [5.74, 6) is -1.09. The SMILES string of the molecule is NC(=O)c1cccc(OCc2ccccc2C(=O)O)c1. The zero-order chi connectivity index (χ0) is 14.5. The summed E-state index contributed by atoms with van der Waals surface area (Å²) in [5, 5.41) is 9.06. The van der Waals surface area contributed by atoms with Gasteiger partial charge in [0.15, 0.2) is 0 Å². The van der Waals surface area contributed by atoms with Crippen molar-refractivity contribution in [3.8, 4) is 5.75 Å². The Morgan fingerprint density at radius 3 is 2.55 bits per heavy atom. The van der Waals surface area contributed by atoms with Gasteiger partial charge in [-0.25, -0.2) is 4.79 Å². The molecule has 1 amide bonds. The van der Waals surface area contributed by atoms with E-state index in [4.69, 9.17) is 15.6 Å². The van der Waals surface area contributed by atoms with Gasteiger partial charge < -0.3 is 15.6 Å². The first kappa shape index (κ1) is 13.6. The molecule has 0 heterocycles. The standard InChI is InChI=1S/C15H13NO4/c16-14(17)10-5-3-6-12(8-10)20-9-11-4-1-2-7-13(11)15(18)19/h1-8H,9H2,(H2,16,17)(H,18,19). The smallest absolute Gasteiger partial charge is 0.336 e. The Labute approximate surface area is 115 Å². The number of primary amides is 1. The maximum Gasteiger partial charge on any atom is 0.336 e. The van der Waals surface area contributed by atoms with Crippen LogP contribution in [0.5, 0.6) is 5.75 Å². The molecule has 2 rings (SSSR count). The first-order valence-corrected chi connectivity index (χ1v) is 5.92. The summed E-state index contributed by atoms with van der Waals surface area (Å²) in [5.41, 5.74) is 6.28. The van der Waals surface area contributed by atoms with Crippen molar-refractivity contribution in [3.05, 3.63) is 65.2 Å². The van der Waals surface area contributed by atoms with Gasteiger partial charge in [0, 0.05) is 11.1 Å². The Balaban J connectivity index is 2.15. The molecule has 0 radical (unpaired) electrons. The second-order valence-electron chi connectivity index (χ2n) is 4.14. The Kier molecular flexibility index (Phi) is 4.00. The lowest BCUT2D eigenvalue weighted by Crippen LogP contribution is -2.11. The molecule has 5 nitrogen and oxygen atoms in total. The minimum Gasteiger partial charge on any atom is -0.489 e. The average molecular weight is 271 g/mol. The van der Waals surface area contributed by atoms with Gasteiger partial charge in [-0.2, -0.15) is 0 Å². The van der Waals surface area contributed by atoms with Crippen molar-refractivity contribution >= 4 is 11.9 Å². The molecule has 2 aromatic carbocycles. The maximum atomic E-state index is 11.1. The van der Waals surface area contributed by atoms with Crippen LogP contribution < -0.4 is 10.5 Å². The van der Waals surface area contributed by atoms with Crippen molar-refractivity contribution in [2.75, 3.05) is 0 Å². The minimum atomic E-state index is -1.00. The summed E-state index contributed by atoms with van der Waals surface area (Å²) in [6.45, 7) is 0.102. The largest absolute Gasteiger partial charge is 0.489 e. The van der Waals surface area contributed by atoms with Gasteiger partial charge in [-0.15, -0.1) is 0 Å². The Morgan fingerprint density at radius 2 is 1.85 bits per heavy atom. The predicted molar refractivity (Wildman–Crippen MR) is 72.7 cm³/mol. The number of carboxylic acid groups (broad SMARTS) is 1. The highest BCUT2D eigenvalue weighted by Crippen LogP contribution is 2.16. The number of aromatic carboxylic acids is 1. The van der Waals surface area contributed by atoms with Crippen LogP contribution in [-0.2, 0) is 6.61 Å². The number of nitrogens with two attached hydrogens (primary N) is 1. The lowest BCUT2D eigenvalue weighted by molar-refractivity contribution is 0.0693. The summed E-state index contributed by atoms with van der Waals surface area (Å²) in [4.78, 5) is 22.1. The van der Waals surface area contributed by atoms with Gasteiger partial charge >= 0.3 is 5.97 Å². The fraction of sp³-hybridized carbons (Fsp3) is 0.0667. The predicted octanol–water partition coefficient (Wildman–Crippen LogP) is 2.06. The van der Waals surface area contributed by atoms with E-state index >= 15 is 0 Å². The fourth-order valence-corrected chi connectivity index (χ4v) is 1.76. The first-order chi connectivity index (χ1) is 9.58. The molecule has 0 spiro atoms. The van der Waals surface area contributed by atoms with Crippen LogP contribution in [-0.4, -0.2) is 17.0 Å². The van der Waals surface area contributed by atoms with E-state index in [2.05, 4.69) is 0 Å².